The summed E-state index contributed by atoms with van der Waals surface area (Å²) in [5.41, 5.74) is 0.314. The number of aromatic nitrogens is 1. The third kappa shape index (κ3) is 3.19. The van der Waals surface area contributed by atoms with Crippen LogP contribution in [0.15, 0.2) is 24.3 Å². The monoisotopic (exact) mass is 295 g/mol. The van der Waals surface area contributed by atoms with E-state index in [0.717, 1.165) is 0 Å². The van der Waals surface area contributed by atoms with Crippen molar-refractivity contribution < 1.29 is 20.5 Å². The van der Waals surface area contributed by atoms with Crippen LogP contribution >= 0.6 is 0 Å². The summed E-state index contributed by atoms with van der Waals surface area (Å²) in [6, 6.07) is -1.94. The van der Waals surface area contributed by atoms with Gasteiger partial charge in [0.2, 0.25) is 0 Å². The van der Waals surface area contributed by atoms with Crippen molar-refractivity contribution in [3.8, 4) is 0 Å². The number of nitrogens with zero attached hydrogens (tertiary/aromatic N) is 1. The summed E-state index contributed by atoms with van der Waals surface area (Å²) in [5.74, 6) is 0. The Labute approximate surface area is 135 Å². The molecule has 1 aromatic heterocycles. The van der Waals surface area contributed by atoms with Gasteiger partial charge in [-0.3, -0.25) is 0 Å². The molecule has 0 bridgehead atoms. The second-order valence-electron chi connectivity index (χ2n) is 4.97. The van der Waals surface area contributed by atoms with Crippen molar-refractivity contribution in [1.29, 1.82) is 0 Å². The van der Waals surface area contributed by atoms with Gasteiger partial charge in [-0.1, -0.05) is 6.04 Å². The van der Waals surface area contributed by atoms with Crippen LogP contribution in [0.3, 0.4) is 0 Å². The molecule has 3 rings (SSSR count). The average molecular weight is 295 g/mol. The minimum absolute atomic E-state index is 0.0211. The maximum Gasteiger partial charge on any atom is 0.407 e. The van der Waals surface area contributed by atoms with Crippen LogP contribution in [-0.2, 0) is 17.6 Å². The quantitative estimate of drug-likeness (QED) is 0.886. The molecule has 1 aromatic carbocycles. The highest BCUT2D eigenvalue weighted by molar-refractivity contribution is 5.84. The minimum atomic E-state index is -2.34. The number of hydrogen-bond acceptors (Lipinski definition) is 3. The van der Waals surface area contributed by atoms with Gasteiger partial charge < -0.3 is 19.9 Å². The van der Waals surface area contributed by atoms with Gasteiger partial charge >= 0.3 is 6.09 Å². The Morgan fingerprint density at radius 3 is 3.14 bits per heavy atom. The molecule has 0 aliphatic carbocycles. The van der Waals surface area contributed by atoms with Crippen molar-refractivity contribution >= 4 is 17.0 Å². The Balaban J connectivity index is 2.15. The molecule has 1 saturated heterocycles. The number of amides is 1. The smallest absolute Gasteiger partial charge is 0.407 e. The van der Waals surface area contributed by atoms with Crippen molar-refractivity contribution in [3.63, 3.8) is 0 Å². The number of fused-ring (bicyclic) bond motifs is 1. The van der Waals surface area contributed by atoms with E-state index in [2.05, 4.69) is 15.0 Å². The number of rotatable bonds is 5. The highest BCUT2D eigenvalue weighted by atomic mass is 16.6. The second-order valence-corrected chi connectivity index (χ2v) is 4.97. The molecule has 1 fully saturated rings. The molecule has 1 amide bonds. The molecule has 0 unspecified atom stereocenters. The number of carbonyl (C=O) groups excluding carboxylic acids is 1. The van der Waals surface area contributed by atoms with Crippen molar-refractivity contribution in [2.24, 2.45) is 0 Å². The standard InChI is InChI=1S/C16H21N3O2/c1-19(2)6-5-12-9-17-15-4-3-11(8-14(12)15)7-13-10-21-16(20)18-13/h3-4,8-9,13,17H,5-7,10H2,1-2H3,(H,18,20)/t13-/m0/s1/i3D,4D,6D2,8D,9D,10D2. The van der Waals surface area contributed by atoms with Crippen molar-refractivity contribution in [3.05, 3.63) is 35.4 Å². The van der Waals surface area contributed by atoms with Crippen molar-refractivity contribution in [1.82, 2.24) is 15.2 Å². The number of likely N-dealkylation sites (N-methyl/N-ethyl adjacent to an activating group) is 1. The molecule has 112 valence electrons. The van der Waals surface area contributed by atoms with Crippen LogP contribution in [0.25, 0.3) is 10.9 Å². The number of H-pyrrole nitrogens is 1. The Kier molecular flexibility index (Phi) is 2.01. The second kappa shape index (κ2) is 5.77. The van der Waals surface area contributed by atoms with Crippen molar-refractivity contribution in [2.45, 2.75) is 18.9 Å². The maximum atomic E-state index is 11.4. The number of nitrogens with one attached hydrogen (secondary N) is 2. The van der Waals surface area contributed by atoms with E-state index in [-0.39, 0.29) is 59.2 Å². The number of benzene rings is 1. The lowest BCUT2D eigenvalue weighted by Crippen LogP contribution is -2.28. The summed E-state index contributed by atoms with van der Waals surface area (Å²) in [7, 11) is 3.10. The van der Waals surface area contributed by atoms with Gasteiger partial charge in [0.15, 0.2) is 0 Å². The fourth-order valence-electron chi connectivity index (χ4n) is 2.06. The van der Waals surface area contributed by atoms with Crippen LogP contribution in [-0.4, -0.2) is 49.2 Å². The summed E-state index contributed by atoms with van der Waals surface area (Å²) >= 11 is 0. The van der Waals surface area contributed by atoms with Crippen LogP contribution < -0.4 is 5.32 Å². The summed E-state index contributed by atoms with van der Waals surface area (Å²) in [6.45, 7) is -4.15. The van der Waals surface area contributed by atoms with Crippen LogP contribution in [0.2, 0.25) is 0 Å². The maximum absolute atomic E-state index is 11.4. The Morgan fingerprint density at radius 1 is 1.57 bits per heavy atom. The fraction of sp³-hybridized carbons (Fsp3) is 0.438. The van der Waals surface area contributed by atoms with Crippen LogP contribution in [0.5, 0.6) is 0 Å². The highest BCUT2D eigenvalue weighted by Gasteiger charge is 2.22. The Bertz CT molecular complexity index is 989. The number of hydrogen-bond donors (Lipinski definition) is 2. The molecule has 2 heterocycles. The predicted molar refractivity (Wildman–Crippen MR) is 82.5 cm³/mol. The lowest BCUT2D eigenvalue weighted by Gasteiger charge is -2.09. The molecule has 1 aliphatic rings. The van der Waals surface area contributed by atoms with E-state index in [4.69, 9.17) is 11.0 Å². The van der Waals surface area contributed by atoms with Gasteiger partial charge in [0, 0.05) is 26.3 Å². The van der Waals surface area contributed by atoms with Gasteiger partial charge in [0.1, 0.15) is 6.56 Å². The number of ether oxygens (including phenoxy) is 1. The summed E-state index contributed by atoms with van der Waals surface area (Å²) < 4.78 is 69.7. The van der Waals surface area contributed by atoms with Crippen LogP contribution in [0.1, 0.15) is 22.1 Å². The molecule has 5 heteroatoms. The number of carbonyl (C=O) groups is 1. The molecule has 21 heavy (non-hydrogen) atoms. The first kappa shape index (κ1) is 7.31. The molecule has 0 saturated carbocycles. The largest absolute Gasteiger partial charge is 0.447 e. The number of alkyl carbamates (subject to hydrolysis) is 1. The molecule has 1 atom stereocenters. The predicted octanol–water partition coefficient (Wildman–Crippen LogP) is 1.92. The summed E-state index contributed by atoms with van der Waals surface area (Å²) in [6.07, 6.45) is -1.56. The van der Waals surface area contributed by atoms with Gasteiger partial charge in [-0.2, -0.15) is 0 Å². The van der Waals surface area contributed by atoms with E-state index in [9.17, 15) is 4.79 Å². The highest BCUT2D eigenvalue weighted by Crippen LogP contribution is 2.21. The van der Waals surface area contributed by atoms with E-state index in [1.165, 1.54) is 4.90 Å². The van der Waals surface area contributed by atoms with E-state index in [1.807, 2.05) is 0 Å². The minimum Gasteiger partial charge on any atom is -0.447 e. The third-order valence-electron chi connectivity index (χ3n) is 3.07. The Morgan fingerprint density at radius 2 is 2.43 bits per heavy atom. The topological polar surface area (TPSA) is 57.4 Å². The average Bonchev–Trinajstić information content (AvgIpc) is 3.04. The molecule has 2 aromatic rings. The Hall–Kier alpha value is -2.01. The summed E-state index contributed by atoms with van der Waals surface area (Å²) in [5, 5.41) is 2.47. The molecular formula is C16H21N3O2. The molecule has 5 nitrogen and oxygen atoms in total. The van der Waals surface area contributed by atoms with E-state index >= 15 is 0 Å². The van der Waals surface area contributed by atoms with Crippen LogP contribution in [0, 0.1) is 0 Å². The molecule has 2 N–H and O–H groups in total. The third-order valence-corrected chi connectivity index (χ3v) is 3.07. The SMILES string of the molecule is [2H]c1[nH]c2c([2H])c([2H])c(C[C@@H]3NC(=O)OC3([2H])[2H])c([2H])c2c1CC([2H])([2H])N(C)C. The number of aromatic amines is 1. The van der Waals surface area contributed by atoms with E-state index in [0.29, 0.717) is 0 Å². The van der Waals surface area contributed by atoms with E-state index in [1.54, 1.807) is 14.1 Å². The first-order chi connectivity index (χ1) is 13.3. The zero-order valence-corrected chi connectivity index (χ0v) is 11.8. The van der Waals surface area contributed by atoms with Gasteiger partial charge in [0.05, 0.1) is 14.3 Å². The van der Waals surface area contributed by atoms with E-state index < -0.39 is 25.2 Å². The molecule has 1 aliphatic heterocycles. The number of cyclic esters (lactones) is 1. The van der Waals surface area contributed by atoms with Gasteiger partial charge in [-0.05, 0) is 50.1 Å². The zero-order valence-electron chi connectivity index (χ0n) is 19.8. The zero-order chi connectivity index (χ0) is 21.9. The number of aryl methyl sites for hydroxylation is 1. The van der Waals surface area contributed by atoms with Gasteiger partial charge in [-0.15, -0.1) is 0 Å². The van der Waals surface area contributed by atoms with Gasteiger partial charge in [-0.25, -0.2) is 4.79 Å². The molecule has 0 radical (unpaired) electrons. The first-order valence-corrected chi connectivity index (χ1v) is 6.53. The van der Waals surface area contributed by atoms with Crippen LogP contribution in [0.4, 0.5) is 4.79 Å². The summed E-state index contributed by atoms with van der Waals surface area (Å²) in [4.78, 5) is 15.4. The first-order valence-electron chi connectivity index (χ1n) is 10.5. The lowest BCUT2D eigenvalue weighted by atomic mass is 10.0. The molecular weight excluding hydrogens is 266 g/mol. The van der Waals surface area contributed by atoms with Gasteiger partial charge in [0.25, 0.3) is 0 Å². The fourth-order valence-corrected chi connectivity index (χ4v) is 2.06. The normalized spacial score (nSPS) is 26.8. The molecule has 0 spiro atoms. The lowest BCUT2D eigenvalue weighted by molar-refractivity contribution is 0.177. The van der Waals surface area contributed by atoms with Crippen molar-refractivity contribution in [2.75, 3.05) is 27.2 Å².